The maximum atomic E-state index is 13.1. The summed E-state index contributed by atoms with van der Waals surface area (Å²) < 4.78 is 0. The van der Waals surface area contributed by atoms with Crippen molar-refractivity contribution in [2.75, 3.05) is 6.54 Å². The number of fused-ring (bicyclic) bond motifs is 1. The van der Waals surface area contributed by atoms with Crippen LogP contribution in [-0.4, -0.2) is 23.4 Å². The lowest BCUT2D eigenvalue weighted by Crippen LogP contribution is -2.41. The number of carbonyl (C=O) groups excluding carboxylic acids is 2. The van der Waals surface area contributed by atoms with Crippen LogP contribution in [0.2, 0.25) is 0 Å². The number of benzene rings is 3. The SMILES string of the molecule is CC1(c2cccc3ccccc23)NC(=O)N(CC=Cc2ccccc2)C1=O. The minimum Gasteiger partial charge on any atom is -0.319 e. The Balaban J connectivity index is 1.62. The summed E-state index contributed by atoms with van der Waals surface area (Å²) in [5, 5.41) is 4.90. The molecule has 0 aliphatic carbocycles. The Morgan fingerprint density at radius 1 is 0.926 bits per heavy atom. The normalized spacial score (nSPS) is 19.8. The van der Waals surface area contributed by atoms with Crippen molar-refractivity contribution in [2.45, 2.75) is 12.5 Å². The van der Waals surface area contributed by atoms with Gasteiger partial charge in [0.05, 0.1) is 0 Å². The molecule has 3 amide bonds. The predicted octanol–water partition coefficient (Wildman–Crippen LogP) is 4.32. The molecule has 3 aromatic carbocycles. The summed E-state index contributed by atoms with van der Waals surface area (Å²) in [5.41, 5.74) is 0.772. The molecule has 1 N–H and O–H groups in total. The third-order valence-electron chi connectivity index (χ3n) is 5.00. The molecule has 1 fully saturated rings. The van der Waals surface area contributed by atoms with Crippen molar-refractivity contribution < 1.29 is 9.59 Å². The van der Waals surface area contributed by atoms with Gasteiger partial charge in [-0.05, 0) is 28.8 Å². The second kappa shape index (κ2) is 6.72. The molecule has 27 heavy (non-hydrogen) atoms. The zero-order chi connectivity index (χ0) is 18.9. The van der Waals surface area contributed by atoms with Crippen LogP contribution in [-0.2, 0) is 10.3 Å². The molecule has 0 radical (unpaired) electrons. The van der Waals surface area contributed by atoms with Crippen LogP contribution >= 0.6 is 0 Å². The van der Waals surface area contributed by atoms with Crippen molar-refractivity contribution in [2.24, 2.45) is 0 Å². The fourth-order valence-electron chi connectivity index (χ4n) is 3.57. The van der Waals surface area contributed by atoms with Crippen LogP contribution in [0, 0.1) is 0 Å². The van der Waals surface area contributed by atoms with E-state index in [0.29, 0.717) is 0 Å². The predicted molar refractivity (Wildman–Crippen MR) is 107 cm³/mol. The number of urea groups is 1. The summed E-state index contributed by atoms with van der Waals surface area (Å²) in [5.74, 6) is -0.235. The molecule has 134 valence electrons. The first kappa shape index (κ1) is 17.0. The zero-order valence-electron chi connectivity index (χ0n) is 15.1. The van der Waals surface area contributed by atoms with Gasteiger partial charge >= 0.3 is 6.03 Å². The molecule has 0 bridgehead atoms. The number of nitrogens with one attached hydrogen (secondary N) is 1. The third kappa shape index (κ3) is 2.99. The Bertz CT molecular complexity index is 1040. The second-order valence-electron chi connectivity index (χ2n) is 6.81. The van der Waals surface area contributed by atoms with Gasteiger partial charge in [0.25, 0.3) is 5.91 Å². The number of imide groups is 1. The molecule has 4 rings (SSSR count). The van der Waals surface area contributed by atoms with Gasteiger partial charge in [0.15, 0.2) is 0 Å². The van der Waals surface area contributed by atoms with E-state index in [1.165, 1.54) is 4.90 Å². The van der Waals surface area contributed by atoms with Crippen LogP contribution in [0.4, 0.5) is 4.79 Å². The molecule has 3 aromatic rings. The molecule has 1 unspecified atom stereocenters. The number of amides is 3. The Hall–Kier alpha value is -3.40. The van der Waals surface area contributed by atoms with Gasteiger partial charge in [0, 0.05) is 6.54 Å². The monoisotopic (exact) mass is 356 g/mol. The molecule has 1 heterocycles. The van der Waals surface area contributed by atoms with Gasteiger partial charge in [-0.25, -0.2) is 4.79 Å². The Morgan fingerprint density at radius 3 is 2.44 bits per heavy atom. The lowest BCUT2D eigenvalue weighted by Gasteiger charge is -2.23. The van der Waals surface area contributed by atoms with Crippen molar-refractivity contribution in [3.63, 3.8) is 0 Å². The number of carbonyl (C=O) groups is 2. The molecule has 4 heteroatoms. The van der Waals surface area contributed by atoms with E-state index in [4.69, 9.17) is 0 Å². The molecule has 0 aromatic heterocycles. The zero-order valence-corrected chi connectivity index (χ0v) is 15.1. The van der Waals surface area contributed by atoms with Crippen molar-refractivity contribution in [1.82, 2.24) is 10.2 Å². The van der Waals surface area contributed by atoms with Crippen molar-refractivity contribution in [1.29, 1.82) is 0 Å². The summed E-state index contributed by atoms with van der Waals surface area (Å²) in [7, 11) is 0. The van der Waals surface area contributed by atoms with Gasteiger partial charge in [-0.15, -0.1) is 0 Å². The van der Waals surface area contributed by atoms with Gasteiger partial charge in [-0.1, -0.05) is 84.9 Å². The first-order valence-corrected chi connectivity index (χ1v) is 8.93. The summed E-state index contributed by atoms with van der Waals surface area (Å²) in [4.78, 5) is 26.9. The highest BCUT2D eigenvalue weighted by Crippen LogP contribution is 2.33. The molecule has 1 saturated heterocycles. The van der Waals surface area contributed by atoms with Gasteiger partial charge in [0.1, 0.15) is 5.54 Å². The average molecular weight is 356 g/mol. The van der Waals surface area contributed by atoms with Crippen molar-refractivity contribution >= 4 is 28.8 Å². The fraction of sp³-hybridized carbons (Fsp3) is 0.130. The highest BCUT2D eigenvalue weighted by molar-refractivity contribution is 6.09. The number of hydrogen-bond donors (Lipinski definition) is 1. The Labute approximate surface area is 158 Å². The lowest BCUT2D eigenvalue weighted by molar-refractivity contribution is -0.130. The third-order valence-corrected chi connectivity index (χ3v) is 5.00. The summed E-state index contributed by atoms with van der Waals surface area (Å²) in [6.07, 6.45) is 3.75. The number of hydrogen-bond acceptors (Lipinski definition) is 2. The van der Waals surface area contributed by atoms with Crippen LogP contribution in [0.25, 0.3) is 16.8 Å². The molecule has 0 saturated carbocycles. The molecule has 0 spiro atoms. The van der Waals surface area contributed by atoms with Crippen molar-refractivity contribution in [3.05, 3.63) is 90.0 Å². The maximum absolute atomic E-state index is 13.1. The molecule has 1 aliphatic heterocycles. The van der Waals surface area contributed by atoms with Crippen LogP contribution in [0.5, 0.6) is 0 Å². The Kier molecular flexibility index (Phi) is 4.24. The van der Waals surface area contributed by atoms with E-state index in [9.17, 15) is 9.59 Å². The van der Waals surface area contributed by atoms with Gasteiger partial charge < -0.3 is 5.32 Å². The summed E-state index contributed by atoms with van der Waals surface area (Å²) >= 11 is 0. The van der Waals surface area contributed by atoms with E-state index in [1.54, 1.807) is 6.92 Å². The smallest absolute Gasteiger partial charge is 0.319 e. The van der Waals surface area contributed by atoms with Crippen LogP contribution in [0.15, 0.2) is 78.9 Å². The van der Waals surface area contributed by atoms with Crippen LogP contribution in [0.1, 0.15) is 18.1 Å². The van der Waals surface area contributed by atoms with Crippen LogP contribution < -0.4 is 5.32 Å². The molecule has 1 aliphatic rings. The van der Waals surface area contributed by atoms with E-state index >= 15 is 0 Å². The van der Waals surface area contributed by atoms with Gasteiger partial charge in [-0.3, -0.25) is 9.69 Å². The van der Waals surface area contributed by atoms with Crippen molar-refractivity contribution in [3.8, 4) is 0 Å². The quantitative estimate of drug-likeness (QED) is 0.708. The summed E-state index contributed by atoms with van der Waals surface area (Å²) in [6.45, 7) is 2.01. The first-order chi connectivity index (χ1) is 13.1. The molecule has 1 atom stereocenters. The topological polar surface area (TPSA) is 49.4 Å². The maximum Gasteiger partial charge on any atom is 0.325 e. The average Bonchev–Trinajstić information content (AvgIpc) is 2.92. The van der Waals surface area contributed by atoms with E-state index < -0.39 is 5.54 Å². The number of nitrogens with zero attached hydrogens (tertiary/aromatic N) is 1. The fourth-order valence-corrected chi connectivity index (χ4v) is 3.57. The second-order valence-corrected chi connectivity index (χ2v) is 6.81. The summed E-state index contributed by atoms with van der Waals surface area (Å²) in [6, 6.07) is 23.1. The Morgan fingerprint density at radius 2 is 1.63 bits per heavy atom. The van der Waals surface area contributed by atoms with E-state index in [2.05, 4.69) is 5.32 Å². The van der Waals surface area contributed by atoms with Gasteiger partial charge in [-0.2, -0.15) is 0 Å². The highest BCUT2D eigenvalue weighted by Gasteiger charge is 2.49. The highest BCUT2D eigenvalue weighted by atomic mass is 16.2. The molecule has 4 nitrogen and oxygen atoms in total. The molecular weight excluding hydrogens is 336 g/mol. The van der Waals surface area contributed by atoms with Gasteiger partial charge in [0.2, 0.25) is 0 Å². The van der Waals surface area contributed by atoms with Crippen LogP contribution in [0.3, 0.4) is 0 Å². The largest absolute Gasteiger partial charge is 0.325 e. The standard InChI is InChI=1S/C23H20N2O2/c1-23(20-15-7-13-18-12-5-6-14-19(18)20)21(26)25(22(27)24-23)16-8-11-17-9-3-2-4-10-17/h2-15H,16H2,1H3,(H,24,27). The van der Waals surface area contributed by atoms with E-state index in [1.807, 2.05) is 84.9 Å². The van der Waals surface area contributed by atoms with E-state index in [-0.39, 0.29) is 18.5 Å². The number of rotatable bonds is 4. The first-order valence-electron chi connectivity index (χ1n) is 8.93. The molecular formula is C23H20N2O2. The minimum absolute atomic E-state index is 0.235. The minimum atomic E-state index is -1.07. The lowest BCUT2D eigenvalue weighted by atomic mass is 9.88. The van der Waals surface area contributed by atoms with E-state index in [0.717, 1.165) is 21.9 Å².